The second kappa shape index (κ2) is 9.29. The zero-order valence-corrected chi connectivity index (χ0v) is 20.7. The summed E-state index contributed by atoms with van der Waals surface area (Å²) >= 11 is 1.88. The van der Waals surface area contributed by atoms with Crippen molar-refractivity contribution in [1.29, 1.82) is 0 Å². The van der Waals surface area contributed by atoms with Crippen LogP contribution in [0.15, 0.2) is 24.3 Å². The molecule has 0 radical (unpaired) electrons. The van der Waals surface area contributed by atoms with E-state index in [2.05, 4.69) is 24.1 Å². The van der Waals surface area contributed by atoms with Crippen molar-refractivity contribution in [2.24, 2.45) is 5.92 Å². The standard InChI is InChI=1S/C26H33N5OS/c1-4-5-22-28-24(23-20-11-8-18(3)16-21(20)33-25(23)29-22)30-12-14-31(15-13-30)26(32)27-19-9-6-17(2)7-10-19/h6-7,9-10,18H,4-5,8,11-16H2,1-3H3,(H,27,32). The molecule has 1 aliphatic heterocycles. The monoisotopic (exact) mass is 463 g/mol. The van der Waals surface area contributed by atoms with Crippen LogP contribution in [0.3, 0.4) is 0 Å². The number of amides is 2. The second-order valence-corrected chi connectivity index (χ2v) is 10.6. The number of thiophene rings is 1. The fraction of sp³-hybridized carbons (Fsp3) is 0.500. The van der Waals surface area contributed by atoms with Crippen LogP contribution < -0.4 is 10.2 Å². The lowest BCUT2D eigenvalue weighted by Gasteiger charge is -2.36. The van der Waals surface area contributed by atoms with E-state index in [1.165, 1.54) is 27.8 Å². The Kier molecular flexibility index (Phi) is 6.23. The van der Waals surface area contributed by atoms with Crippen molar-refractivity contribution in [1.82, 2.24) is 14.9 Å². The summed E-state index contributed by atoms with van der Waals surface area (Å²) in [6, 6.07) is 7.92. The predicted octanol–water partition coefficient (Wildman–Crippen LogP) is 5.43. The molecular formula is C26H33N5OS. The Morgan fingerprint density at radius 2 is 1.91 bits per heavy atom. The minimum atomic E-state index is -0.0279. The average molecular weight is 464 g/mol. The number of aryl methyl sites for hydroxylation is 3. The molecule has 2 amide bonds. The summed E-state index contributed by atoms with van der Waals surface area (Å²) in [4.78, 5) is 29.8. The number of anilines is 2. The number of hydrogen-bond donors (Lipinski definition) is 1. The van der Waals surface area contributed by atoms with Gasteiger partial charge in [0.05, 0.1) is 5.39 Å². The van der Waals surface area contributed by atoms with Crippen LogP contribution in [0.5, 0.6) is 0 Å². The Morgan fingerprint density at radius 3 is 2.64 bits per heavy atom. The Balaban J connectivity index is 1.36. The minimum Gasteiger partial charge on any atom is -0.352 e. The Morgan fingerprint density at radius 1 is 1.15 bits per heavy atom. The molecule has 174 valence electrons. The highest BCUT2D eigenvalue weighted by Gasteiger charge is 2.28. The van der Waals surface area contributed by atoms with Gasteiger partial charge in [-0.1, -0.05) is 31.5 Å². The van der Waals surface area contributed by atoms with Crippen molar-refractivity contribution in [3.05, 3.63) is 46.1 Å². The van der Waals surface area contributed by atoms with Gasteiger partial charge in [-0.05, 0) is 56.2 Å². The van der Waals surface area contributed by atoms with E-state index in [-0.39, 0.29) is 6.03 Å². The van der Waals surface area contributed by atoms with Gasteiger partial charge in [0.1, 0.15) is 16.5 Å². The van der Waals surface area contributed by atoms with Crippen molar-refractivity contribution in [2.75, 3.05) is 36.4 Å². The summed E-state index contributed by atoms with van der Waals surface area (Å²) in [5.41, 5.74) is 3.50. The number of fused-ring (bicyclic) bond motifs is 3. The molecule has 3 aromatic rings. The Bertz CT molecular complexity index is 1150. The van der Waals surface area contributed by atoms with E-state index < -0.39 is 0 Å². The molecule has 0 saturated carbocycles. The van der Waals surface area contributed by atoms with Crippen LogP contribution in [0.2, 0.25) is 0 Å². The highest BCUT2D eigenvalue weighted by atomic mass is 32.1. The molecule has 0 bridgehead atoms. The van der Waals surface area contributed by atoms with E-state index in [0.29, 0.717) is 13.1 Å². The van der Waals surface area contributed by atoms with Crippen LogP contribution in [0.25, 0.3) is 10.2 Å². The van der Waals surface area contributed by atoms with Gasteiger partial charge in [-0.25, -0.2) is 14.8 Å². The number of piperazine rings is 1. The van der Waals surface area contributed by atoms with Gasteiger partial charge < -0.3 is 15.1 Å². The summed E-state index contributed by atoms with van der Waals surface area (Å²) in [7, 11) is 0. The van der Waals surface area contributed by atoms with Gasteiger partial charge in [-0.3, -0.25) is 0 Å². The number of carbonyl (C=O) groups is 1. The van der Waals surface area contributed by atoms with Gasteiger partial charge in [0.2, 0.25) is 0 Å². The highest BCUT2D eigenvalue weighted by molar-refractivity contribution is 7.19. The fourth-order valence-electron chi connectivity index (χ4n) is 4.89. The van der Waals surface area contributed by atoms with E-state index >= 15 is 0 Å². The fourth-order valence-corrected chi connectivity index (χ4v) is 6.29. The molecule has 1 atom stereocenters. The van der Waals surface area contributed by atoms with Crippen molar-refractivity contribution in [3.8, 4) is 0 Å². The molecule has 3 heterocycles. The first kappa shape index (κ1) is 22.1. The van der Waals surface area contributed by atoms with Crippen LogP contribution >= 0.6 is 11.3 Å². The second-order valence-electron chi connectivity index (χ2n) is 9.52. The van der Waals surface area contributed by atoms with E-state index in [9.17, 15) is 4.79 Å². The third-order valence-corrected chi connectivity index (χ3v) is 7.97. The van der Waals surface area contributed by atoms with E-state index in [1.54, 1.807) is 0 Å². The Labute approximate surface area is 200 Å². The van der Waals surface area contributed by atoms with Crippen LogP contribution in [-0.2, 0) is 19.3 Å². The van der Waals surface area contributed by atoms with Crippen LogP contribution in [-0.4, -0.2) is 47.1 Å². The summed E-state index contributed by atoms with van der Waals surface area (Å²) in [6.45, 7) is 9.54. The molecule has 6 nitrogen and oxygen atoms in total. The van der Waals surface area contributed by atoms with Crippen molar-refractivity contribution in [2.45, 2.75) is 52.9 Å². The third-order valence-electron chi connectivity index (χ3n) is 6.83. The molecule has 1 fully saturated rings. The molecule has 5 rings (SSSR count). The zero-order chi connectivity index (χ0) is 22.9. The maximum Gasteiger partial charge on any atom is 0.321 e. The molecule has 1 saturated heterocycles. The van der Waals surface area contributed by atoms with E-state index in [0.717, 1.165) is 66.9 Å². The number of aromatic nitrogens is 2. The molecule has 1 unspecified atom stereocenters. The molecule has 0 spiro atoms. The number of nitrogens with zero attached hydrogens (tertiary/aromatic N) is 4. The lowest BCUT2D eigenvalue weighted by molar-refractivity contribution is 0.208. The molecule has 33 heavy (non-hydrogen) atoms. The molecule has 1 aromatic carbocycles. The summed E-state index contributed by atoms with van der Waals surface area (Å²) in [5.74, 6) is 2.79. The van der Waals surface area contributed by atoms with Gasteiger partial charge in [-0.15, -0.1) is 11.3 Å². The molecule has 1 N–H and O–H groups in total. The molecule has 2 aliphatic rings. The maximum atomic E-state index is 12.8. The smallest absolute Gasteiger partial charge is 0.321 e. The lowest BCUT2D eigenvalue weighted by atomic mass is 9.89. The molecular weight excluding hydrogens is 430 g/mol. The number of rotatable bonds is 4. The van der Waals surface area contributed by atoms with Crippen molar-refractivity contribution < 1.29 is 4.79 Å². The topological polar surface area (TPSA) is 61.4 Å². The van der Waals surface area contributed by atoms with E-state index in [1.807, 2.05) is 47.4 Å². The number of carbonyl (C=O) groups excluding carboxylic acids is 1. The first-order valence-electron chi connectivity index (χ1n) is 12.2. The molecule has 7 heteroatoms. The number of nitrogens with one attached hydrogen (secondary N) is 1. The summed E-state index contributed by atoms with van der Waals surface area (Å²) < 4.78 is 0. The predicted molar refractivity (Wildman–Crippen MR) is 137 cm³/mol. The van der Waals surface area contributed by atoms with Gasteiger partial charge >= 0.3 is 6.03 Å². The van der Waals surface area contributed by atoms with Gasteiger partial charge in [0.15, 0.2) is 0 Å². The maximum absolute atomic E-state index is 12.8. The zero-order valence-electron chi connectivity index (χ0n) is 19.9. The first-order valence-corrected chi connectivity index (χ1v) is 13.0. The highest BCUT2D eigenvalue weighted by Crippen LogP contribution is 2.41. The summed E-state index contributed by atoms with van der Waals surface area (Å²) in [6.07, 6.45) is 5.47. The van der Waals surface area contributed by atoms with Gasteiger partial charge in [0.25, 0.3) is 0 Å². The number of hydrogen-bond acceptors (Lipinski definition) is 5. The average Bonchev–Trinajstić information content (AvgIpc) is 3.17. The molecule has 2 aromatic heterocycles. The van der Waals surface area contributed by atoms with Crippen molar-refractivity contribution in [3.63, 3.8) is 0 Å². The van der Waals surface area contributed by atoms with Gasteiger partial charge in [-0.2, -0.15) is 0 Å². The largest absolute Gasteiger partial charge is 0.352 e. The molecule has 1 aliphatic carbocycles. The van der Waals surface area contributed by atoms with Crippen LogP contribution in [0.4, 0.5) is 16.3 Å². The van der Waals surface area contributed by atoms with Gasteiger partial charge in [0, 0.05) is 43.2 Å². The normalized spacial score (nSPS) is 18.5. The third kappa shape index (κ3) is 4.56. The summed E-state index contributed by atoms with van der Waals surface area (Å²) in [5, 5.41) is 4.31. The first-order chi connectivity index (χ1) is 16.0. The Hall–Kier alpha value is -2.67. The SMILES string of the molecule is CCCc1nc(N2CCN(C(=O)Nc3ccc(C)cc3)CC2)c2c3c(sc2n1)CC(C)CC3. The van der Waals surface area contributed by atoms with E-state index in [4.69, 9.17) is 9.97 Å². The minimum absolute atomic E-state index is 0.0279. The lowest BCUT2D eigenvalue weighted by Crippen LogP contribution is -2.50. The quantitative estimate of drug-likeness (QED) is 0.560. The van der Waals surface area contributed by atoms with Crippen LogP contribution in [0, 0.1) is 12.8 Å². The van der Waals surface area contributed by atoms with Crippen molar-refractivity contribution >= 4 is 39.1 Å². The number of benzene rings is 1. The van der Waals surface area contributed by atoms with Crippen LogP contribution in [0.1, 0.15) is 48.5 Å². The number of urea groups is 1.